The summed E-state index contributed by atoms with van der Waals surface area (Å²) in [6, 6.07) is 0. The molecule has 1 unspecified atom stereocenters. The van der Waals surface area contributed by atoms with Gasteiger partial charge in [0.15, 0.2) is 6.61 Å². The molecule has 1 rings (SSSR count). The van der Waals surface area contributed by atoms with Crippen LogP contribution in [0.4, 0.5) is 17.6 Å². The molecule has 1 aliphatic heterocycles. The van der Waals surface area contributed by atoms with Crippen molar-refractivity contribution >= 4 is 12.2 Å². The highest BCUT2D eigenvalue weighted by Gasteiger charge is 2.34. The van der Waals surface area contributed by atoms with Crippen molar-refractivity contribution in [3.63, 3.8) is 0 Å². The second-order valence-corrected chi connectivity index (χ2v) is 2.71. The predicted molar refractivity (Wildman–Crippen MR) is 32.3 cm³/mol. The molecule has 0 amide bonds. The molecule has 0 aromatic carbocycles. The second kappa shape index (κ2) is 3.77. The molecule has 1 atom stereocenters. The number of hydrogen-bond acceptors (Lipinski definition) is 4. The second-order valence-electron chi connectivity index (χ2n) is 1.97. The Morgan fingerprint density at radius 1 is 1.58 bits per heavy atom. The standard InChI is InChI=1S/C4H5F4NO2S/c5-3-1-11-12-9(3)10-2-4(6,7)8/h3H,1-2H2. The third kappa shape index (κ3) is 3.13. The van der Waals surface area contributed by atoms with E-state index in [0.29, 0.717) is 16.7 Å². The van der Waals surface area contributed by atoms with Gasteiger partial charge >= 0.3 is 6.18 Å². The van der Waals surface area contributed by atoms with Crippen molar-refractivity contribution < 1.29 is 26.6 Å². The summed E-state index contributed by atoms with van der Waals surface area (Å²) in [5.74, 6) is 0. The van der Waals surface area contributed by atoms with Crippen molar-refractivity contribution in [2.24, 2.45) is 0 Å². The SMILES string of the molecule is FC1COSN1OCC(F)(F)F. The molecule has 3 nitrogen and oxygen atoms in total. The van der Waals surface area contributed by atoms with E-state index in [1.807, 2.05) is 0 Å². The lowest BCUT2D eigenvalue weighted by atomic mass is 10.7. The average molecular weight is 207 g/mol. The van der Waals surface area contributed by atoms with Crippen LogP contribution in [0, 0.1) is 0 Å². The Hall–Kier alpha value is -0.0500. The number of rotatable bonds is 2. The van der Waals surface area contributed by atoms with E-state index in [2.05, 4.69) is 9.02 Å². The normalized spacial score (nSPS) is 26.5. The van der Waals surface area contributed by atoms with Crippen molar-refractivity contribution in [3.8, 4) is 0 Å². The third-order valence-electron chi connectivity index (χ3n) is 0.916. The predicted octanol–water partition coefficient (Wildman–Crippen LogP) is 1.67. The molecule has 0 N–H and O–H groups in total. The number of alkyl halides is 4. The molecule has 0 aromatic rings. The van der Waals surface area contributed by atoms with Gasteiger partial charge in [-0.1, -0.05) is 4.47 Å². The summed E-state index contributed by atoms with van der Waals surface area (Å²) in [6.45, 7) is -1.80. The maximum atomic E-state index is 12.5. The maximum Gasteiger partial charge on any atom is 0.413 e. The topological polar surface area (TPSA) is 21.7 Å². The Balaban J connectivity index is 2.23. The fourth-order valence-corrected chi connectivity index (χ4v) is 1.01. The molecule has 0 radical (unpaired) electrons. The maximum absolute atomic E-state index is 12.5. The summed E-state index contributed by atoms with van der Waals surface area (Å²) >= 11 is 0.427. The molecular formula is C4H5F4NO2S. The van der Waals surface area contributed by atoms with Gasteiger partial charge in [0.05, 0.1) is 0 Å². The van der Waals surface area contributed by atoms with Crippen molar-refractivity contribution in [3.05, 3.63) is 0 Å². The van der Waals surface area contributed by atoms with E-state index in [9.17, 15) is 17.6 Å². The summed E-state index contributed by atoms with van der Waals surface area (Å²) in [4.78, 5) is 4.05. The largest absolute Gasteiger partial charge is 0.413 e. The van der Waals surface area contributed by atoms with Crippen LogP contribution in [0.5, 0.6) is 0 Å². The zero-order valence-electron chi connectivity index (χ0n) is 5.68. The minimum Gasteiger partial charge on any atom is -0.295 e. The van der Waals surface area contributed by atoms with Gasteiger partial charge in [0, 0.05) is 0 Å². The molecule has 0 aromatic heterocycles. The van der Waals surface area contributed by atoms with E-state index >= 15 is 0 Å². The minimum absolute atomic E-state index is 0.289. The molecule has 0 spiro atoms. The van der Waals surface area contributed by atoms with Crippen molar-refractivity contribution in [1.82, 2.24) is 4.47 Å². The van der Waals surface area contributed by atoms with Gasteiger partial charge < -0.3 is 0 Å². The molecule has 1 fully saturated rings. The van der Waals surface area contributed by atoms with Gasteiger partial charge in [-0.15, -0.1) is 0 Å². The first-order valence-electron chi connectivity index (χ1n) is 2.91. The fourth-order valence-electron chi connectivity index (χ4n) is 0.485. The van der Waals surface area contributed by atoms with Gasteiger partial charge in [0.2, 0.25) is 6.30 Å². The minimum atomic E-state index is -4.46. The lowest BCUT2D eigenvalue weighted by molar-refractivity contribution is -0.235. The quantitative estimate of drug-likeness (QED) is 0.297. The van der Waals surface area contributed by atoms with E-state index in [0.717, 1.165) is 0 Å². The van der Waals surface area contributed by atoms with Gasteiger partial charge in [-0.2, -0.15) is 13.2 Å². The first-order valence-corrected chi connectivity index (χ1v) is 3.61. The zero-order chi connectivity index (χ0) is 9.19. The number of hydroxylamine groups is 1. The average Bonchev–Trinajstić information content (AvgIpc) is 2.29. The molecule has 1 aliphatic rings. The highest BCUT2D eigenvalue weighted by Crippen LogP contribution is 2.27. The van der Waals surface area contributed by atoms with E-state index in [1.54, 1.807) is 0 Å². The van der Waals surface area contributed by atoms with Gasteiger partial charge in [-0.05, 0) is 0 Å². The lowest BCUT2D eigenvalue weighted by Gasteiger charge is -2.14. The summed E-state index contributed by atoms with van der Waals surface area (Å²) in [5, 5.41) is 0. The Labute approximate surface area is 69.9 Å². The van der Waals surface area contributed by atoms with Crippen LogP contribution in [0.2, 0.25) is 0 Å². The van der Waals surface area contributed by atoms with Gasteiger partial charge in [-0.3, -0.25) is 9.02 Å². The van der Waals surface area contributed by atoms with Crippen LogP contribution in [-0.4, -0.2) is 30.2 Å². The summed E-state index contributed by atoms with van der Waals surface area (Å²) < 4.78 is 51.8. The van der Waals surface area contributed by atoms with Crippen LogP contribution in [0.15, 0.2) is 0 Å². The molecule has 0 aliphatic carbocycles. The first kappa shape index (κ1) is 10.0. The van der Waals surface area contributed by atoms with Crippen LogP contribution >= 0.6 is 12.2 Å². The Kier molecular flexibility index (Phi) is 3.16. The fraction of sp³-hybridized carbons (Fsp3) is 1.00. The van der Waals surface area contributed by atoms with E-state index in [4.69, 9.17) is 0 Å². The number of hydrogen-bond donors (Lipinski definition) is 0. The van der Waals surface area contributed by atoms with Crippen molar-refractivity contribution in [2.45, 2.75) is 12.5 Å². The molecule has 72 valence electrons. The smallest absolute Gasteiger partial charge is 0.295 e. The summed E-state index contributed by atoms with van der Waals surface area (Å²) in [7, 11) is 0. The lowest BCUT2D eigenvalue weighted by Crippen LogP contribution is -2.28. The Bertz CT molecular complexity index is 154. The van der Waals surface area contributed by atoms with Crippen molar-refractivity contribution in [2.75, 3.05) is 13.2 Å². The Morgan fingerprint density at radius 2 is 2.25 bits per heavy atom. The van der Waals surface area contributed by atoms with Gasteiger partial charge in [0.25, 0.3) is 0 Å². The molecule has 8 heteroatoms. The number of halogens is 4. The van der Waals surface area contributed by atoms with E-state index in [1.165, 1.54) is 0 Å². The van der Waals surface area contributed by atoms with Gasteiger partial charge in [-0.25, -0.2) is 4.39 Å². The van der Waals surface area contributed by atoms with Crippen LogP contribution in [0.3, 0.4) is 0 Å². The van der Waals surface area contributed by atoms with Gasteiger partial charge in [0.1, 0.15) is 18.8 Å². The van der Waals surface area contributed by atoms with Crippen LogP contribution in [0.25, 0.3) is 0 Å². The molecular weight excluding hydrogens is 202 g/mol. The highest BCUT2D eigenvalue weighted by molar-refractivity contribution is 7.92. The van der Waals surface area contributed by atoms with E-state index < -0.39 is 19.1 Å². The van der Waals surface area contributed by atoms with E-state index in [-0.39, 0.29) is 6.61 Å². The molecule has 1 heterocycles. The Morgan fingerprint density at radius 3 is 2.67 bits per heavy atom. The summed E-state index contributed by atoms with van der Waals surface area (Å²) in [6.07, 6.45) is -6.10. The monoisotopic (exact) mass is 207 g/mol. The first-order chi connectivity index (χ1) is 5.49. The van der Waals surface area contributed by atoms with Crippen molar-refractivity contribution in [1.29, 1.82) is 0 Å². The molecule has 0 bridgehead atoms. The third-order valence-corrected chi connectivity index (χ3v) is 1.64. The molecule has 1 saturated heterocycles. The molecule has 12 heavy (non-hydrogen) atoms. The zero-order valence-corrected chi connectivity index (χ0v) is 6.49. The molecule has 0 saturated carbocycles. The van der Waals surface area contributed by atoms with Crippen LogP contribution < -0.4 is 0 Å². The number of nitrogens with zero attached hydrogens (tertiary/aromatic N) is 1. The van der Waals surface area contributed by atoms with Crippen LogP contribution in [0.1, 0.15) is 0 Å². The summed E-state index contributed by atoms with van der Waals surface area (Å²) in [5.41, 5.74) is 0. The highest BCUT2D eigenvalue weighted by atomic mass is 32.2. The van der Waals surface area contributed by atoms with Crippen LogP contribution in [-0.2, 0) is 9.02 Å².